The highest BCUT2D eigenvalue weighted by atomic mass is 32.1. The summed E-state index contributed by atoms with van der Waals surface area (Å²) in [5.41, 5.74) is 3.75. The first kappa shape index (κ1) is 17.3. The molecule has 1 saturated heterocycles. The number of imidazole rings is 1. The van der Waals surface area contributed by atoms with Gasteiger partial charge < -0.3 is 10.6 Å². The number of thiazole rings is 1. The van der Waals surface area contributed by atoms with Gasteiger partial charge in [0.25, 0.3) is 5.91 Å². The first-order chi connectivity index (χ1) is 13.6. The van der Waals surface area contributed by atoms with Gasteiger partial charge in [-0.15, -0.1) is 0 Å². The van der Waals surface area contributed by atoms with Crippen LogP contribution in [0.15, 0.2) is 42.6 Å². The molecule has 2 aromatic carbocycles. The average molecular weight is 394 g/mol. The van der Waals surface area contributed by atoms with E-state index in [1.165, 1.54) is 11.3 Å². The van der Waals surface area contributed by atoms with E-state index in [0.717, 1.165) is 40.3 Å². The molecule has 28 heavy (non-hydrogen) atoms. The van der Waals surface area contributed by atoms with E-state index < -0.39 is 0 Å². The number of nitrogens with zero attached hydrogens (tertiary/aromatic N) is 2. The van der Waals surface area contributed by atoms with Gasteiger partial charge in [0, 0.05) is 30.9 Å². The van der Waals surface area contributed by atoms with E-state index in [9.17, 15) is 9.18 Å². The van der Waals surface area contributed by atoms with Gasteiger partial charge in [0.05, 0.1) is 15.9 Å². The second kappa shape index (κ2) is 6.68. The van der Waals surface area contributed by atoms with Gasteiger partial charge in [-0.1, -0.05) is 17.4 Å². The summed E-state index contributed by atoms with van der Waals surface area (Å²) < 4.78 is 17.7. The van der Waals surface area contributed by atoms with E-state index in [1.54, 1.807) is 19.2 Å². The molecule has 1 fully saturated rings. The lowest BCUT2D eigenvalue weighted by atomic mass is 9.96. The molecule has 0 bridgehead atoms. The van der Waals surface area contributed by atoms with E-state index in [4.69, 9.17) is 0 Å². The molecule has 1 atom stereocenters. The van der Waals surface area contributed by atoms with Crippen molar-refractivity contribution in [3.05, 3.63) is 59.5 Å². The molecule has 1 amide bonds. The van der Waals surface area contributed by atoms with E-state index in [-0.39, 0.29) is 11.7 Å². The number of carbonyl (C=O) groups is 1. The zero-order chi connectivity index (χ0) is 19.3. The summed E-state index contributed by atoms with van der Waals surface area (Å²) in [7, 11) is 1.61. The van der Waals surface area contributed by atoms with Crippen LogP contribution in [0.4, 0.5) is 4.39 Å². The van der Waals surface area contributed by atoms with Gasteiger partial charge >= 0.3 is 0 Å². The molecule has 0 spiro atoms. The van der Waals surface area contributed by atoms with Crippen molar-refractivity contribution in [3.63, 3.8) is 0 Å². The average Bonchev–Trinajstić information content (AvgIpc) is 3.42. The Morgan fingerprint density at radius 3 is 2.96 bits per heavy atom. The van der Waals surface area contributed by atoms with Crippen molar-refractivity contribution in [2.75, 3.05) is 20.1 Å². The molecule has 0 radical (unpaired) electrons. The summed E-state index contributed by atoms with van der Waals surface area (Å²) in [6.07, 6.45) is 2.91. The van der Waals surface area contributed by atoms with Gasteiger partial charge in [-0.25, -0.2) is 9.37 Å². The number of hydrogen-bond donors (Lipinski definition) is 2. The summed E-state index contributed by atoms with van der Waals surface area (Å²) in [6, 6.07) is 11.0. The van der Waals surface area contributed by atoms with Gasteiger partial charge in [0.1, 0.15) is 5.82 Å². The van der Waals surface area contributed by atoms with Crippen molar-refractivity contribution in [3.8, 4) is 11.3 Å². The normalized spacial score (nSPS) is 16.9. The topological polar surface area (TPSA) is 58.4 Å². The molecule has 0 saturated carbocycles. The van der Waals surface area contributed by atoms with E-state index >= 15 is 0 Å². The van der Waals surface area contributed by atoms with Crippen molar-refractivity contribution in [2.24, 2.45) is 0 Å². The molecule has 1 aliphatic heterocycles. The van der Waals surface area contributed by atoms with E-state index in [0.29, 0.717) is 22.7 Å². The van der Waals surface area contributed by atoms with E-state index in [1.807, 2.05) is 34.9 Å². The van der Waals surface area contributed by atoms with Crippen molar-refractivity contribution in [1.29, 1.82) is 0 Å². The third-order valence-corrected chi connectivity index (χ3v) is 6.40. The fraction of sp³-hybridized carbons (Fsp3) is 0.238. The molecule has 7 heteroatoms. The summed E-state index contributed by atoms with van der Waals surface area (Å²) in [6.45, 7) is 1.89. The van der Waals surface area contributed by atoms with Gasteiger partial charge in [0.15, 0.2) is 4.96 Å². The minimum atomic E-state index is -0.235. The van der Waals surface area contributed by atoms with Crippen LogP contribution >= 0.6 is 11.3 Å². The molecule has 2 aromatic heterocycles. The minimum absolute atomic E-state index is 0.117. The van der Waals surface area contributed by atoms with Crippen LogP contribution in [0.5, 0.6) is 0 Å². The fourth-order valence-corrected chi connectivity index (χ4v) is 4.90. The predicted molar refractivity (Wildman–Crippen MR) is 110 cm³/mol. The Hall–Kier alpha value is -2.77. The first-order valence-electron chi connectivity index (χ1n) is 9.28. The lowest BCUT2D eigenvalue weighted by Crippen LogP contribution is -2.17. The zero-order valence-corrected chi connectivity index (χ0v) is 16.1. The van der Waals surface area contributed by atoms with Gasteiger partial charge in [-0.2, -0.15) is 0 Å². The maximum atomic E-state index is 14.8. The third kappa shape index (κ3) is 2.78. The third-order valence-electron chi connectivity index (χ3n) is 5.38. The largest absolute Gasteiger partial charge is 0.355 e. The number of hydrogen-bond acceptors (Lipinski definition) is 4. The predicted octanol–water partition coefficient (Wildman–Crippen LogP) is 3.79. The number of aromatic nitrogens is 2. The summed E-state index contributed by atoms with van der Waals surface area (Å²) in [4.78, 5) is 17.2. The zero-order valence-electron chi connectivity index (χ0n) is 15.3. The maximum absolute atomic E-state index is 14.8. The van der Waals surface area contributed by atoms with Crippen LogP contribution in [-0.2, 0) is 0 Å². The molecular weight excluding hydrogens is 375 g/mol. The molecule has 1 aliphatic rings. The number of carbonyl (C=O) groups excluding carboxylic acids is 1. The van der Waals surface area contributed by atoms with Crippen LogP contribution in [0.1, 0.15) is 28.3 Å². The first-order valence-corrected chi connectivity index (χ1v) is 10.1. The summed E-state index contributed by atoms with van der Waals surface area (Å²) in [5.74, 6) is 0.0297. The molecule has 3 heterocycles. The van der Waals surface area contributed by atoms with Crippen LogP contribution in [0.3, 0.4) is 0 Å². The van der Waals surface area contributed by atoms with Crippen LogP contribution in [0.2, 0.25) is 0 Å². The summed E-state index contributed by atoms with van der Waals surface area (Å²) >= 11 is 1.49. The SMILES string of the molecule is CNC(=O)c1ccc2c(c1)sc1nc(-c3ccc(C4CCNC4)cc3F)cn12. The minimum Gasteiger partial charge on any atom is -0.355 e. The highest BCUT2D eigenvalue weighted by Crippen LogP contribution is 2.32. The Morgan fingerprint density at radius 2 is 2.21 bits per heavy atom. The Balaban J connectivity index is 1.53. The second-order valence-corrected chi connectivity index (χ2v) is 8.08. The van der Waals surface area contributed by atoms with Gasteiger partial charge in [0.2, 0.25) is 0 Å². The lowest BCUT2D eigenvalue weighted by Gasteiger charge is -2.10. The van der Waals surface area contributed by atoms with E-state index in [2.05, 4.69) is 15.6 Å². The quantitative estimate of drug-likeness (QED) is 0.556. The Morgan fingerprint density at radius 1 is 1.32 bits per heavy atom. The molecular formula is C21H19FN4OS. The lowest BCUT2D eigenvalue weighted by molar-refractivity contribution is 0.0963. The smallest absolute Gasteiger partial charge is 0.251 e. The number of fused-ring (bicyclic) bond motifs is 3. The number of amides is 1. The molecule has 4 aromatic rings. The van der Waals surface area contributed by atoms with Crippen molar-refractivity contribution >= 4 is 32.4 Å². The second-order valence-electron chi connectivity index (χ2n) is 7.07. The molecule has 5 rings (SSSR count). The molecule has 142 valence electrons. The monoisotopic (exact) mass is 394 g/mol. The molecule has 1 unspecified atom stereocenters. The number of rotatable bonds is 3. The van der Waals surface area contributed by atoms with Gasteiger partial charge in [-0.05, 0) is 54.8 Å². The van der Waals surface area contributed by atoms with Crippen LogP contribution in [0.25, 0.3) is 26.4 Å². The summed E-state index contributed by atoms with van der Waals surface area (Å²) in [5, 5.41) is 5.95. The molecule has 2 N–H and O–H groups in total. The number of benzene rings is 2. The molecule has 0 aliphatic carbocycles. The highest BCUT2D eigenvalue weighted by molar-refractivity contribution is 7.23. The van der Waals surface area contributed by atoms with Crippen molar-refractivity contribution in [2.45, 2.75) is 12.3 Å². The van der Waals surface area contributed by atoms with Gasteiger partial charge in [-0.3, -0.25) is 9.20 Å². The Labute approximate surface area is 165 Å². The number of nitrogens with one attached hydrogen (secondary N) is 2. The fourth-order valence-electron chi connectivity index (χ4n) is 3.85. The van der Waals surface area contributed by atoms with Crippen LogP contribution < -0.4 is 10.6 Å². The highest BCUT2D eigenvalue weighted by Gasteiger charge is 2.19. The van der Waals surface area contributed by atoms with Crippen molar-refractivity contribution in [1.82, 2.24) is 20.0 Å². The Kier molecular flexibility index (Phi) is 4.14. The van der Waals surface area contributed by atoms with Crippen LogP contribution in [0, 0.1) is 5.82 Å². The molecule has 5 nitrogen and oxygen atoms in total. The number of halogens is 1. The van der Waals surface area contributed by atoms with Crippen LogP contribution in [-0.4, -0.2) is 35.4 Å². The standard InChI is InChI=1S/C21H19FN4OS/c1-23-20(27)13-3-5-18-19(9-13)28-21-25-17(11-26(18)21)15-4-2-12(8-16(15)22)14-6-7-24-10-14/h2-5,8-9,11,14,24H,6-7,10H2,1H3,(H,23,27). The maximum Gasteiger partial charge on any atom is 0.251 e. The van der Waals surface area contributed by atoms with Crippen molar-refractivity contribution < 1.29 is 9.18 Å². The Bertz CT molecular complexity index is 1210.